The fraction of sp³-hybridized carbons (Fsp3) is 0.176. The maximum Gasteiger partial charge on any atom is 0.263 e. The van der Waals surface area contributed by atoms with E-state index in [0.29, 0.717) is 5.56 Å². The van der Waals surface area contributed by atoms with Crippen LogP contribution in [0.2, 0.25) is 0 Å². The highest BCUT2D eigenvalue weighted by Gasteiger charge is 2.30. The van der Waals surface area contributed by atoms with Crippen LogP contribution >= 0.6 is 0 Å². The molecule has 0 fully saturated rings. The summed E-state index contributed by atoms with van der Waals surface area (Å²) in [5.74, 6) is -1.92. The molecule has 1 heterocycles. The van der Waals surface area contributed by atoms with Crippen LogP contribution in [-0.4, -0.2) is 26.7 Å². The van der Waals surface area contributed by atoms with Crippen LogP contribution in [-0.2, 0) is 14.8 Å². The van der Waals surface area contributed by atoms with Gasteiger partial charge in [-0.25, -0.2) is 17.2 Å². The standard InChI is InChI=1S/C17H15F2N3O3S/c1-10(12-7-6-11(18)8-14(12)19)21-16(23)9-20-17-13-4-2-3-5-15(13)26(24,25)22-17/h2-8,10H,9H2,1H3,(H,20,22)(H,21,23). The molecule has 26 heavy (non-hydrogen) atoms. The second-order valence-corrected chi connectivity index (χ2v) is 7.37. The molecular formula is C17H15F2N3O3S. The molecule has 0 aromatic heterocycles. The van der Waals surface area contributed by atoms with E-state index in [1.54, 1.807) is 25.1 Å². The minimum Gasteiger partial charge on any atom is -0.348 e. The van der Waals surface area contributed by atoms with Crippen molar-refractivity contribution in [2.75, 3.05) is 6.54 Å². The third-order valence-corrected chi connectivity index (χ3v) is 5.25. The van der Waals surface area contributed by atoms with Crippen LogP contribution in [0.1, 0.15) is 24.1 Å². The number of rotatable bonds is 4. The lowest BCUT2D eigenvalue weighted by molar-refractivity contribution is -0.120. The van der Waals surface area contributed by atoms with Crippen molar-refractivity contribution in [2.24, 2.45) is 4.99 Å². The Hall–Kier alpha value is -2.81. The number of benzene rings is 2. The first-order valence-electron chi connectivity index (χ1n) is 7.69. The number of sulfonamides is 1. The Morgan fingerprint density at radius 1 is 1.23 bits per heavy atom. The highest BCUT2D eigenvalue weighted by Crippen LogP contribution is 2.22. The molecule has 1 unspecified atom stereocenters. The molecule has 6 nitrogen and oxygen atoms in total. The molecule has 0 saturated heterocycles. The number of aliphatic imine (C=N–C) groups is 1. The van der Waals surface area contributed by atoms with Crippen LogP contribution in [0.4, 0.5) is 8.78 Å². The van der Waals surface area contributed by atoms with E-state index in [9.17, 15) is 22.0 Å². The van der Waals surface area contributed by atoms with Crippen molar-refractivity contribution in [3.05, 3.63) is 65.2 Å². The third kappa shape index (κ3) is 3.57. The van der Waals surface area contributed by atoms with E-state index in [-0.39, 0.29) is 22.8 Å². The first-order chi connectivity index (χ1) is 12.3. The Labute approximate surface area is 149 Å². The molecule has 0 radical (unpaired) electrons. The van der Waals surface area contributed by atoms with Gasteiger partial charge in [0, 0.05) is 17.2 Å². The smallest absolute Gasteiger partial charge is 0.263 e. The fourth-order valence-corrected chi connectivity index (χ4v) is 3.87. The van der Waals surface area contributed by atoms with Crippen molar-refractivity contribution in [2.45, 2.75) is 17.9 Å². The monoisotopic (exact) mass is 379 g/mol. The molecule has 1 aliphatic rings. The molecule has 2 N–H and O–H groups in total. The van der Waals surface area contributed by atoms with Gasteiger partial charge in [0.15, 0.2) is 0 Å². The Kier molecular flexibility index (Phi) is 4.73. The molecule has 0 saturated carbocycles. The van der Waals surface area contributed by atoms with Crippen molar-refractivity contribution < 1.29 is 22.0 Å². The van der Waals surface area contributed by atoms with Crippen molar-refractivity contribution >= 4 is 21.8 Å². The topological polar surface area (TPSA) is 87.6 Å². The van der Waals surface area contributed by atoms with Gasteiger partial charge < -0.3 is 5.32 Å². The van der Waals surface area contributed by atoms with Gasteiger partial charge in [0.1, 0.15) is 24.0 Å². The Morgan fingerprint density at radius 2 is 1.96 bits per heavy atom. The van der Waals surface area contributed by atoms with E-state index in [1.807, 2.05) is 0 Å². The first kappa shape index (κ1) is 18.0. The zero-order valence-electron chi connectivity index (χ0n) is 13.7. The second-order valence-electron chi connectivity index (χ2n) is 5.72. The van der Waals surface area contributed by atoms with Gasteiger partial charge in [0.2, 0.25) is 5.91 Å². The average Bonchev–Trinajstić information content (AvgIpc) is 2.84. The van der Waals surface area contributed by atoms with Crippen LogP contribution in [0, 0.1) is 11.6 Å². The summed E-state index contributed by atoms with van der Waals surface area (Å²) in [6.07, 6.45) is 0. The van der Waals surface area contributed by atoms with E-state index in [2.05, 4.69) is 15.0 Å². The molecule has 3 rings (SSSR count). The Morgan fingerprint density at radius 3 is 2.69 bits per heavy atom. The second kappa shape index (κ2) is 6.83. The van der Waals surface area contributed by atoms with Crippen molar-refractivity contribution in [1.29, 1.82) is 0 Å². The molecule has 2 aromatic rings. The lowest BCUT2D eigenvalue weighted by Crippen LogP contribution is -2.30. The molecule has 0 spiro atoms. The number of nitrogens with one attached hydrogen (secondary N) is 2. The van der Waals surface area contributed by atoms with Gasteiger partial charge in [-0.2, -0.15) is 0 Å². The zero-order valence-corrected chi connectivity index (χ0v) is 14.5. The minimum absolute atomic E-state index is 0.0800. The summed E-state index contributed by atoms with van der Waals surface area (Å²) in [7, 11) is -3.68. The molecule has 9 heteroatoms. The van der Waals surface area contributed by atoms with E-state index in [1.165, 1.54) is 12.1 Å². The molecular weight excluding hydrogens is 364 g/mol. The predicted molar refractivity (Wildman–Crippen MR) is 91.1 cm³/mol. The minimum atomic E-state index is -3.68. The highest BCUT2D eigenvalue weighted by atomic mass is 32.2. The van der Waals surface area contributed by atoms with Gasteiger partial charge in [0.25, 0.3) is 10.0 Å². The first-order valence-corrected chi connectivity index (χ1v) is 9.17. The van der Waals surface area contributed by atoms with E-state index in [0.717, 1.165) is 12.1 Å². The lowest BCUT2D eigenvalue weighted by atomic mass is 10.1. The van der Waals surface area contributed by atoms with Gasteiger partial charge in [-0.1, -0.05) is 18.2 Å². The average molecular weight is 379 g/mol. The fourth-order valence-electron chi connectivity index (χ4n) is 2.62. The number of carbonyl (C=O) groups excluding carboxylic acids is 1. The molecule has 1 amide bonds. The molecule has 1 atom stereocenters. The largest absolute Gasteiger partial charge is 0.348 e. The maximum atomic E-state index is 13.7. The number of hydrogen-bond donors (Lipinski definition) is 2. The van der Waals surface area contributed by atoms with Gasteiger partial charge in [-0.3, -0.25) is 14.5 Å². The van der Waals surface area contributed by atoms with E-state index in [4.69, 9.17) is 0 Å². The summed E-state index contributed by atoms with van der Waals surface area (Å²) in [5.41, 5.74) is 0.525. The number of halogens is 2. The number of amidine groups is 1. The van der Waals surface area contributed by atoms with Crippen LogP contribution in [0.25, 0.3) is 0 Å². The normalized spacial score (nSPS) is 17.4. The van der Waals surface area contributed by atoms with Gasteiger partial charge >= 0.3 is 0 Å². The van der Waals surface area contributed by atoms with Crippen LogP contribution < -0.4 is 10.0 Å². The highest BCUT2D eigenvalue weighted by molar-refractivity contribution is 7.90. The van der Waals surface area contributed by atoms with E-state index >= 15 is 0 Å². The summed E-state index contributed by atoms with van der Waals surface area (Å²) in [6.45, 7) is 1.20. The van der Waals surface area contributed by atoms with Gasteiger partial charge in [-0.05, 0) is 25.1 Å². The van der Waals surface area contributed by atoms with Crippen LogP contribution in [0.3, 0.4) is 0 Å². The molecule has 0 aliphatic carbocycles. The Bertz CT molecular complexity index is 1010. The zero-order chi connectivity index (χ0) is 18.9. The van der Waals surface area contributed by atoms with Gasteiger partial charge in [-0.15, -0.1) is 0 Å². The number of nitrogens with zero attached hydrogens (tertiary/aromatic N) is 1. The summed E-state index contributed by atoms with van der Waals surface area (Å²) in [6, 6.07) is 8.68. The van der Waals surface area contributed by atoms with Crippen molar-refractivity contribution in [3.63, 3.8) is 0 Å². The summed E-state index contributed by atoms with van der Waals surface area (Å²) >= 11 is 0. The summed E-state index contributed by atoms with van der Waals surface area (Å²) in [4.78, 5) is 16.1. The summed E-state index contributed by atoms with van der Waals surface area (Å²) in [5, 5.41) is 2.54. The quantitative estimate of drug-likeness (QED) is 0.850. The lowest BCUT2D eigenvalue weighted by Gasteiger charge is -2.14. The summed E-state index contributed by atoms with van der Waals surface area (Å²) < 4.78 is 52.9. The number of amides is 1. The molecule has 2 aromatic carbocycles. The van der Waals surface area contributed by atoms with Crippen LogP contribution in [0.5, 0.6) is 0 Å². The Balaban J connectivity index is 1.71. The van der Waals surface area contributed by atoms with Crippen molar-refractivity contribution in [3.8, 4) is 0 Å². The van der Waals surface area contributed by atoms with E-state index < -0.39 is 33.6 Å². The van der Waals surface area contributed by atoms with Gasteiger partial charge in [0.05, 0.1) is 10.9 Å². The molecule has 0 bridgehead atoms. The maximum absolute atomic E-state index is 13.7. The third-order valence-electron chi connectivity index (χ3n) is 3.85. The molecule has 1 aliphatic heterocycles. The number of fused-ring (bicyclic) bond motifs is 1. The number of carbonyl (C=O) groups is 1. The molecule has 136 valence electrons. The van der Waals surface area contributed by atoms with Crippen LogP contribution in [0.15, 0.2) is 52.4 Å². The van der Waals surface area contributed by atoms with Crippen molar-refractivity contribution in [1.82, 2.24) is 10.0 Å². The predicted octanol–water partition coefficient (Wildman–Crippen LogP) is 1.88. The SMILES string of the molecule is CC(NC(=O)CN=C1NS(=O)(=O)c2ccccc21)c1ccc(F)cc1F. The number of hydrogen-bond acceptors (Lipinski definition) is 4.